The third kappa shape index (κ3) is 3.09. The fourth-order valence-corrected chi connectivity index (χ4v) is 1.07. The summed E-state index contributed by atoms with van der Waals surface area (Å²) in [6.45, 7) is 3.92. The minimum Gasteiger partial charge on any atom is -0.507 e. The van der Waals surface area contributed by atoms with E-state index in [1.807, 2.05) is 0 Å². The Morgan fingerprint density at radius 3 is 3.00 bits per heavy atom. The van der Waals surface area contributed by atoms with Crippen molar-refractivity contribution in [3.63, 3.8) is 0 Å². The lowest BCUT2D eigenvalue weighted by Gasteiger charge is -2.05. The van der Waals surface area contributed by atoms with E-state index >= 15 is 0 Å². The van der Waals surface area contributed by atoms with Gasteiger partial charge < -0.3 is 10.4 Å². The molecule has 0 aliphatic rings. The van der Waals surface area contributed by atoms with E-state index in [0.717, 1.165) is 18.2 Å². The van der Waals surface area contributed by atoms with Crippen LogP contribution in [0.15, 0.2) is 30.9 Å². The van der Waals surface area contributed by atoms with Crippen LogP contribution >= 0.6 is 0 Å². The minimum atomic E-state index is -0.554. The van der Waals surface area contributed by atoms with Gasteiger partial charge in [-0.2, -0.15) is 0 Å². The van der Waals surface area contributed by atoms with Crippen LogP contribution in [0.3, 0.4) is 0 Å². The number of hydrogen-bond donors (Lipinski definition) is 2. The van der Waals surface area contributed by atoms with Crippen LogP contribution in [0.4, 0.5) is 4.39 Å². The lowest BCUT2D eigenvalue weighted by Crippen LogP contribution is -2.24. The molecule has 0 aromatic heterocycles. The van der Waals surface area contributed by atoms with E-state index in [-0.39, 0.29) is 11.3 Å². The molecule has 0 aliphatic carbocycles. The maximum absolute atomic E-state index is 12.8. The van der Waals surface area contributed by atoms with E-state index in [4.69, 9.17) is 0 Å². The highest BCUT2D eigenvalue weighted by Gasteiger charge is 2.10. The van der Waals surface area contributed by atoms with Gasteiger partial charge in [0.1, 0.15) is 11.6 Å². The fraction of sp³-hybridized carbons (Fsp3) is 0.182. The minimum absolute atomic E-state index is 0.0564. The summed E-state index contributed by atoms with van der Waals surface area (Å²) >= 11 is 0. The molecule has 0 radical (unpaired) electrons. The summed E-state index contributed by atoms with van der Waals surface area (Å²) in [5, 5.41) is 11.8. The molecular formula is C11H12FNO2. The van der Waals surface area contributed by atoms with Crippen molar-refractivity contribution in [2.24, 2.45) is 0 Å². The van der Waals surface area contributed by atoms with E-state index in [1.54, 1.807) is 6.08 Å². The number of carbonyl (C=O) groups is 1. The number of hydrogen-bond acceptors (Lipinski definition) is 2. The Bertz CT molecular complexity index is 377. The molecule has 1 amide bonds. The Labute approximate surface area is 87.2 Å². The molecule has 0 heterocycles. The number of nitrogens with one attached hydrogen (secondary N) is 1. The predicted molar refractivity (Wildman–Crippen MR) is 55.2 cm³/mol. The van der Waals surface area contributed by atoms with Gasteiger partial charge in [0.15, 0.2) is 0 Å². The van der Waals surface area contributed by atoms with Gasteiger partial charge in [-0.3, -0.25) is 4.79 Å². The van der Waals surface area contributed by atoms with Crippen LogP contribution in [0, 0.1) is 5.82 Å². The molecule has 4 heteroatoms. The first-order chi connectivity index (χ1) is 7.15. The highest BCUT2D eigenvalue weighted by atomic mass is 19.1. The monoisotopic (exact) mass is 209 g/mol. The van der Waals surface area contributed by atoms with Crippen molar-refractivity contribution in [1.82, 2.24) is 5.32 Å². The molecular weight excluding hydrogens is 197 g/mol. The average Bonchev–Trinajstić information content (AvgIpc) is 2.22. The summed E-state index contributed by atoms with van der Waals surface area (Å²) < 4.78 is 12.8. The van der Waals surface area contributed by atoms with E-state index in [0.29, 0.717) is 13.0 Å². The Morgan fingerprint density at radius 1 is 1.60 bits per heavy atom. The number of rotatable bonds is 4. The van der Waals surface area contributed by atoms with Gasteiger partial charge in [0.25, 0.3) is 5.91 Å². The number of amides is 1. The van der Waals surface area contributed by atoms with Gasteiger partial charge in [-0.15, -0.1) is 6.58 Å². The Kier molecular flexibility index (Phi) is 3.85. The molecule has 2 N–H and O–H groups in total. The quantitative estimate of drug-likeness (QED) is 0.587. The largest absolute Gasteiger partial charge is 0.507 e. The third-order valence-electron chi connectivity index (χ3n) is 1.84. The predicted octanol–water partition coefficient (Wildman–Crippen LogP) is 1.84. The van der Waals surface area contributed by atoms with E-state index < -0.39 is 11.7 Å². The van der Waals surface area contributed by atoms with E-state index in [2.05, 4.69) is 11.9 Å². The summed E-state index contributed by atoms with van der Waals surface area (Å²) in [5.41, 5.74) is -0.0564. The van der Waals surface area contributed by atoms with Gasteiger partial charge in [0, 0.05) is 6.54 Å². The second-order valence-corrected chi connectivity index (χ2v) is 2.99. The highest BCUT2D eigenvalue weighted by molar-refractivity contribution is 5.96. The summed E-state index contributed by atoms with van der Waals surface area (Å²) in [6, 6.07) is 3.24. The standard InChI is InChI=1S/C11H12FNO2/c1-2-3-6-13-11(15)9-7-8(12)4-5-10(9)14/h2,4-5,7,14H,1,3,6H2,(H,13,15). The molecule has 3 nitrogen and oxygen atoms in total. The molecule has 0 aliphatic heterocycles. The molecule has 1 aromatic rings. The van der Waals surface area contributed by atoms with Gasteiger partial charge in [-0.1, -0.05) is 6.08 Å². The summed E-state index contributed by atoms with van der Waals surface area (Å²) in [6.07, 6.45) is 2.29. The zero-order valence-corrected chi connectivity index (χ0v) is 8.16. The Morgan fingerprint density at radius 2 is 2.33 bits per heavy atom. The van der Waals surface area contributed by atoms with Crippen molar-refractivity contribution in [3.05, 3.63) is 42.2 Å². The molecule has 0 spiro atoms. The first-order valence-corrected chi connectivity index (χ1v) is 4.52. The topological polar surface area (TPSA) is 49.3 Å². The van der Waals surface area contributed by atoms with Crippen LogP contribution in [0.25, 0.3) is 0 Å². The van der Waals surface area contributed by atoms with Gasteiger partial charge in [0.2, 0.25) is 0 Å². The summed E-state index contributed by atoms with van der Waals surface area (Å²) in [5.74, 6) is -1.27. The molecule has 0 atom stereocenters. The second-order valence-electron chi connectivity index (χ2n) is 2.99. The number of halogens is 1. The lowest BCUT2D eigenvalue weighted by atomic mass is 10.2. The van der Waals surface area contributed by atoms with Crippen LogP contribution in [0.1, 0.15) is 16.8 Å². The van der Waals surface area contributed by atoms with Crippen LogP contribution in [-0.4, -0.2) is 17.6 Å². The zero-order valence-electron chi connectivity index (χ0n) is 8.16. The zero-order chi connectivity index (χ0) is 11.3. The molecule has 0 unspecified atom stereocenters. The molecule has 0 saturated heterocycles. The summed E-state index contributed by atoms with van der Waals surface area (Å²) in [7, 11) is 0. The van der Waals surface area contributed by atoms with Crippen LogP contribution in [0.2, 0.25) is 0 Å². The first-order valence-electron chi connectivity index (χ1n) is 4.52. The van der Waals surface area contributed by atoms with Crippen molar-refractivity contribution in [3.8, 4) is 5.75 Å². The van der Waals surface area contributed by atoms with Gasteiger partial charge in [-0.25, -0.2) is 4.39 Å². The smallest absolute Gasteiger partial charge is 0.255 e. The molecule has 15 heavy (non-hydrogen) atoms. The first kappa shape index (κ1) is 11.2. The highest BCUT2D eigenvalue weighted by Crippen LogP contribution is 2.17. The number of phenols is 1. The molecule has 80 valence electrons. The van der Waals surface area contributed by atoms with E-state index in [1.165, 1.54) is 0 Å². The summed E-state index contributed by atoms with van der Waals surface area (Å²) in [4.78, 5) is 11.4. The van der Waals surface area contributed by atoms with Gasteiger partial charge >= 0.3 is 0 Å². The normalized spacial score (nSPS) is 9.67. The maximum Gasteiger partial charge on any atom is 0.255 e. The van der Waals surface area contributed by atoms with Crippen molar-refractivity contribution in [2.45, 2.75) is 6.42 Å². The average molecular weight is 209 g/mol. The van der Waals surface area contributed by atoms with Crippen LogP contribution in [0.5, 0.6) is 5.75 Å². The van der Waals surface area contributed by atoms with Crippen molar-refractivity contribution < 1.29 is 14.3 Å². The van der Waals surface area contributed by atoms with Crippen LogP contribution < -0.4 is 5.32 Å². The van der Waals surface area contributed by atoms with Gasteiger partial charge in [0.05, 0.1) is 5.56 Å². The molecule has 0 bridgehead atoms. The number of carbonyl (C=O) groups excluding carboxylic acids is 1. The van der Waals surface area contributed by atoms with Crippen LogP contribution in [-0.2, 0) is 0 Å². The second kappa shape index (κ2) is 5.14. The Balaban J connectivity index is 2.72. The maximum atomic E-state index is 12.8. The molecule has 1 aromatic carbocycles. The lowest BCUT2D eigenvalue weighted by molar-refractivity contribution is 0.0951. The number of benzene rings is 1. The third-order valence-corrected chi connectivity index (χ3v) is 1.84. The fourth-order valence-electron chi connectivity index (χ4n) is 1.07. The van der Waals surface area contributed by atoms with E-state index in [9.17, 15) is 14.3 Å². The van der Waals surface area contributed by atoms with Crippen molar-refractivity contribution >= 4 is 5.91 Å². The molecule has 1 rings (SSSR count). The Hall–Kier alpha value is -1.84. The number of aromatic hydroxyl groups is 1. The van der Waals surface area contributed by atoms with Crippen molar-refractivity contribution in [1.29, 1.82) is 0 Å². The molecule has 0 saturated carbocycles. The van der Waals surface area contributed by atoms with Gasteiger partial charge in [-0.05, 0) is 24.6 Å². The SMILES string of the molecule is C=CCCNC(=O)c1cc(F)ccc1O. The molecule has 0 fully saturated rings. The number of phenolic OH excluding ortho intramolecular Hbond substituents is 1. The van der Waals surface area contributed by atoms with Crippen molar-refractivity contribution in [2.75, 3.05) is 6.54 Å².